The van der Waals surface area contributed by atoms with Gasteiger partial charge in [0.2, 0.25) is 0 Å². The third kappa shape index (κ3) is 6.49. The van der Waals surface area contributed by atoms with E-state index in [1.165, 1.54) is 16.7 Å². The van der Waals surface area contributed by atoms with E-state index in [1.54, 1.807) is 25.6 Å². The quantitative estimate of drug-likeness (QED) is 0.302. The molecule has 8 heteroatoms. The fourth-order valence-corrected chi connectivity index (χ4v) is 4.39. The molecule has 0 spiro atoms. The predicted molar refractivity (Wildman–Crippen MR) is 136 cm³/mol. The predicted octanol–water partition coefficient (Wildman–Crippen LogP) is 3.71. The Hall–Kier alpha value is -1.52. The number of benzene rings is 1. The molecule has 0 bridgehead atoms. The van der Waals surface area contributed by atoms with Crippen LogP contribution in [0.5, 0.6) is 11.5 Å². The highest BCUT2D eigenvalue weighted by molar-refractivity contribution is 14.0. The summed E-state index contributed by atoms with van der Waals surface area (Å²) in [6, 6.07) is 6.41. The molecule has 2 aromatic rings. The molecule has 0 radical (unpaired) electrons. The van der Waals surface area contributed by atoms with Gasteiger partial charge in [-0.3, -0.25) is 9.89 Å². The zero-order chi connectivity index (χ0) is 20.6. The maximum Gasteiger partial charge on any atom is 0.191 e. The first-order valence-corrected chi connectivity index (χ1v) is 11.0. The van der Waals surface area contributed by atoms with Crippen molar-refractivity contribution in [1.29, 1.82) is 0 Å². The second-order valence-electron chi connectivity index (χ2n) is 7.34. The van der Waals surface area contributed by atoms with Crippen LogP contribution in [-0.2, 0) is 13.0 Å². The fraction of sp³-hybridized carbons (Fsp3) is 0.500. The molecule has 6 nitrogen and oxygen atoms in total. The van der Waals surface area contributed by atoms with Crippen molar-refractivity contribution in [1.82, 2.24) is 15.5 Å². The van der Waals surface area contributed by atoms with E-state index in [0.29, 0.717) is 5.92 Å². The second kappa shape index (κ2) is 12.4. The molecule has 1 aliphatic heterocycles. The lowest BCUT2D eigenvalue weighted by molar-refractivity contribution is 0.256. The van der Waals surface area contributed by atoms with Gasteiger partial charge in [0.25, 0.3) is 0 Å². The van der Waals surface area contributed by atoms with E-state index in [9.17, 15) is 0 Å². The summed E-state index contributed by atoms with van der Waals surface area (Å²) >= 11 is 1.74. The largest absolute Gasteiger partial charge is 0.493 e. The second-order valence-corrected chi connectivity index (χ2v) is 8.12. The summed E-state index contributed by atoms with van der Waals surface area (Å²) in [6.45, 7) is 6.90. The monoisotopic (exact) mass is 544 g/mol. The Morgan fingerprint density at radius 3 is 2.57 bits per heavy atom. The van der Waals surface area contributed by atoms with Crippen LogP contribution >= 0.6 is 35.3 Å². The normalized spacial score (nSPS) is 15.0. The van der Waals surface area contributed by atoms with Crippen molar-refractivity contribution in [2.45, 2.75) is 25.8 Å². The smallest absolute Gasteiger partial charge is 0.191 e. The molecule has 0 aliphatic carbocycles. The molecule has 1 aromatic heterocycles. The van der Waals surface area contributed by atoms with Crippen molar-refractivity contribution >= 4 is 41.3 Å². The molecule has 2 heterocycles. The van der Waals surface area contributed by atoms with E-state index in [4.69, 9.17) is 9.47 Å². The molecule has 1 aliphatic rings. The Labute approximate surface area is 201 Å². The molecule has 2 N–H and O–H groups in total. The van der Waals surface area contributed by atoms with Gasteiger partial charge < -0.3 is 20.1 Å². The van der Waals surface area contributed by atoms with Gasteiger partial charge in [0, 0.05) is 39.8 Å². The number of aliphatic imine (C=N–C) groups is 1. The number of hydrogen-bond donors (Lipinski definition) is 2. The Morgan fingerprint density at radius 2 is 1.93 bits per heavy atom. The molecule has 1 atom stereocenters. The standard InChI is InChI=1S/C22H32N4O2S.HI/c1-16(18-6-10-29-15-18)13-25-22(23-2)24-7-9-26-8-5-17-11-20(27-3)21(28-4)12-19(17)14-26;/h6,10-12,15-16H,5,7-9,13-14H2,1-4H3,(H2,23,24,25);1H. The van der Waals surface area contributed by atoms with Crippen molar-refractivity contribution in [3.8, 4) is 11.5 Å². The molecule has 0 saturated heterocycles. The minimum absolute atomic E-state index is 0. The number of fused-ring (bicyclic) bond motifs is 1. The summed E-state index contributed by atoms with van der Waals surface area (Å²) in [4.78, 5) is 6.81. The molecule has 1 unspecified atom stereocenters. The van der Waals surface area contributed by atoms with Crippen molar-refractivity contribution in [2.24, 2.45) is 4.99 Å². The summed E-state index contributed by atoms with van der Waals surface area (Å²) in [5.74, 6) is 2.93. The Kier molecular flexibility index (Phi) is 10.2. The van der Waals surface area contributed by atoms with Gasteiger partial charge in [-0.05, 0) is 58.0 Å². The number of hydrogen-bond acceptors (Lipinski definition) is 5. The molecule has 1 aromatic carbocycles. The summed E-state index contributed by atoms with van der Waals surface area (Å²) in [5, 5.41) is 11.2. The van der Waals surface area contributed by atoms with E-state index in [2.05, 4.69) is 56.4 Å². The van der Waals surface area contributed by atoms with Crippen LogP contribution < -0.4 is 20.1 Å². The van der Waals surface area contributed by atoms with Crippen molar-refractivity contribution in [3.05, 3.63) is 45.6 Å². The zero-order valence-electron chi connectivity index (χ0n) is 18.2. The van der Waals surface area contributed by atoms with Crippen LogP contribution in [-0.4, -0.2) is 58.3 Å². The van der Waals surface area contributed by atoms with Crippen molar-refractivity contribution < 1.29 is 9.47 Å². The lowest BCUT2D eigenvalue weighted by atomic mass is 9.99. The summed E-state index contributed by atoms with van der Waals surface area (Å²) in [6.07, 6.45) is 1.03. The molecule has 3 rings (SSSR count). The Morgan fingerprint density at radius 1 is 1.20 bits per heavy atom. The third-order valence-corrected chi connectivity index (χ3v) is 6.13. The van der Waals surface area contributed by atoms with Gasteiger partial charge in [-0.25, -0.2) is 0 Å². The summed E-state index contributed by atoms with van der Waals surface area (Å²) < 4.78 is 10.9. The van der Waals surface area contributed by atoms with E-state index in [0.717, 1.165) is 56.6 Å². The van der Waals surface area contributed by atoms with Crippen LogP contribution in [0.15, 0.2) is 34.0 Å². The van der Waals surface area contributed by atoms with Gasteiger partial charge in [-0.15, -0.1) is 24.0 Å². The lowest BCUT2D eigenvalue weighted by Crippen LogP contribution is -2.43. The highest BCUT2D eigenvalue weighted by Crippen LogP contribution is 2.33. The molecule has 166 valence electrons. The first kappa shape index (κ1) is 24.7. The zero-order valence-corrected chi connectivity index (χ0v) is 21.4. The van der Waals surface area contributed by atoms with Gasteiger partial charge in [0.05, 0.1) is 14.2 Å². The van der Waals surface area contributed by atoms with Gasteiger partial charge in [0.1, 0.15) is 0 Å². The van der Waals surface area contributed by atoms with Gasteiger partial charge in [-0.2, -0.15) is 11.3 Å². The van der Waals surface area contributed by atoms with Gasteiger partial charge in [-0.1, -0.05) is 6.92 Å². The van der Waals surface area contributed by atoms with Crippen LogP contribution in [0, 0.1) is 0 Å². The van der Waals surface area contributed by atoms with Crippen molar-refractivity contribution in [2.75, 3.05) is 47.4 Å². The molecule has 30 heavy (non-hydrogen) atoms. The first-order valence-electron chi connectivity index (χ1n) is 10.1. The molecular weight excluding hydrogens is 511 g/mol. The summed E-state index contributed by atoms with van der Waals surface area (Å²) in [7, 11) is 5.20. The number of halogens is 1. The van der Waals surface area contributed by atoms with Gasteiger partial charge >= 0.3 is 0 Å². The van der Waals surface area contributed by atoms with Crippen LogP contribution in [0.1, 0.15) is 29.5 Å². The first-order chi connectivity index (χ1) is 14.1. The van der Waals surface area contributed by atoms with Crippen LogP contribution in [0.25, 0.3) is 0 Å². The highest BCUT2D eigenvalue weighted by atomic mass is 127. The van der Waals surface area contributed by atoms with E-state index in [-0.39, 0.29) is 24.0 Å². The number of nitrogens with one attached hydrogen (secondary N) is 2. The van der Waals surface area contributed by atoms with Gasteiger partial charge in [0.15, 0.2) is 17.5 Å². The van der Waals surface area contributed by atoms with E-state index < -0.39 is 0 Å². The average molecular weight is 545 g/mol. The number of methoxy groups -OCH3 is 2. The number of nitrogens with zero attached hydrogens (tertiary/aromatic N) is 2. The maximum absolute atomic E-state index is 5.46. The number of rotatable bonds is 8. The average Bonchev–Trinajstić information content (AvgIpc) is 3.29. The van der Waals surface area contributed by atoms with Crippen LogP contribution in [0.2, 0.25) is 0 Å². The topological polar surface area (TPSA) is 58.1 Å². The number of guanidine groups is 1. The minimum Gasteiger partial charge on any atom is -0.493 e. The van der Waals surface area contributed by atoms with Crippen molar-refractivity contribution in [3.63, 3.8) is 0 Å². The highest BCUT2D eigenvalue weighted by Gasteiger charge is 2.19. The van der Waals surface area contributed by atoms with Crippen LogP contribution in [0.3, 0.4) is 0 Å². The molecule has 0 amide bonds. The molecule has 0 saturated carbocycles. The van der Waals surface area contributed by atoms with E-state index in [1.807, 2.05) is 7.05 Å². The number of ether oxygens (including phenoxy) is 2. The maximum atomic E-state index is 5.46. The number of thiophene rings is 1. The SMILES string of the molecule is CN=C(NCCN1CCc2cc(OC)c(OC)cc2C1)NCC(C)c1ccsc1.I. The third-order valence-electron chi connectivity index (χ3n) is 5.43. The van der Waals surface area contributed by atoms with E-state index >= 15 is 0 Å². The van der Waals surface area contributed by atoms with Crippen LogP contribution in [0.4, 0.5) is 0 Å². The lowest BCUT2D eigenvalue weighted by Gasteiger charge is -2.29. The Bertz CT molecular complexity index is 814. The summed E-state index contributed by atoms with van der Waals surface area (Å²) in [5.41, 5.74) is 4.05. The minimum atomic E-state index is 0. The Balaban J connectivity index is 0.00000320. The molecular formula is C22H33IN4O2S. The fourth-order valence-electron chi connectivity index (χ4n) is 3.61. The molecule has 0 fully saturated rings.